The molecular weight excluding hydrogens is 732 g/mol. The van der Waals surface area contributed by atoms with Crippen molar-refractivity contribution in [3.05, 3.63) is 75.2 Å². The number of terminal acetylenes is 1. The number of nitrogens with zero attached hydrogens (tertiary/aromatic N) is 3. The molecule has 51 heavy (non-hydrogen) atoms. The van der Waals surface area contributed by atoms with Gasteiger partial charge in [0.05, 0.1) is 30.0 Å². The van der Waals surface area contributed by atoms with Crippen LogP contribution in [-0.4, -0.2) is 62.0 Å². The van der Waals surface area contributed by atoms with E-state index in [0.717, 1.165) is 23.8 Å². The molecule has 2 heterocycles. The summed E-state index contributed by atoms with van der Waals surface area (Å²) in [4.78, 5) is 57.1. The van der Waals surface area contributed by atoms with Crippen molar-refractivity contribution in [2.24, 2.45) is 0 Å². The number of hydrogen-bond acceptors (Lipinski definition) is 11. The van der Waals surface area contributed by atoms with E-state index in [2.05, 4.69) is 21.2 Å². The molecule has 5 rings (SSSR count). The van der Waals surface area contributed by atoms with Crippen LogP contribution in [0.1, 0.15) is 49.9 Å². The fourth-order valence-electron chi connectivity index (χ4n) is 4.90. The molecule has 14 nitrogen and oxygen atoms in total. The number of nitrogens with one attached hydrogen (secondary N) is 2. The van der Waals surface area contributed by atoms with Crippen molar-refractivity contribution in [1.29, 1.82) is 0 Å². The second-order valence-corrected chi connectivity index (χ2v) is 13.0. The van der Waals surface area contributed by atoms with Gasteiger partial charge in [-0.3, -0.25) is 14.9 Å². The van der Waals surface area contributed by atoms with Crippen molar-refractivity contribution < 1.29 is 46.2 Å². The summed E-state index contributed by atoms with van der Waals surface area (Å²) in [7, 11) is -3.05. The van der Waals surface area contributed by atoms with Gasteiger partial charge in [-0.25, -0.2) is 37.0 Å². The van der Waals surface area contributed by atoms with Gasteiger partial charge in [-0.1, -0.05) is 41.3 Å². The maximum atomic E-state index is 14.4. The highest BCUT2D eigenvalue weighted by Crippen LogP contribution is 2.39. The fourth-order valence-corrected chi connectivity index (χ4v) is 6.37. The molecule has 0 radical (unpaired) electrons. The molecule has 2 N–H and O–H groups in total. The molecule has 1 unspecified atom stereocenters. The van der Waals surface area contributed by atoms with Crippen LogP contribution in [0.2, 0.25) is 10.2 Å². The molecule has 3 aromatic rings. The molecule has 1 atom stereocenters. The van der Waals surface area contributed by atoms with E-state index in [4.69, 9.17) is 43.8 Å². The highest BCUT2D eigenvalue weighted by molar-refractivity contribution is 7.90. The molecule has 1 aliphatic heterocycles. The minimum absolute atomic E-state index is 0.0207. The number of rotatable bonds is 9. The quantitative estimate of drug-likeness (QED) is 0.122. The summed E-state index contributed by atoms with van der Waals surface area (Å²) in [6.45, 7) is 3.28. The fraction of sp³-hybridized carbons (Fsp3) is 0.273. The lowest BCUT2D eigenvalue weighted by Gasteiger charge is -2.19. The van der Waals surface area contributed by atoms with Crippen LogP contribution >= 0.6 is 23.2 Å². The van der Waals surface area contributed by atoms with Crippen molar-refractivity contribution >= 4 is 68.7 Å². The highest BCUT2D eigenvalue weighted by atomic mass is 35.5. The van der Waals surface area contributed by atoms with Gasteiger partial charge in [-0.05, 0) is 57.7 Å². The number of ether oxygens (including phenoxy) is 3. The van der Waals surface area contributed by atoms with Crippen molar-refractivity contribution in [3.8, 4) is 24.0 Å². The first-order chi connectivity index (χ1) is 24.2. The van der Waals surface area contributed by atoms with Crippen molar-refractivity contribution in [1.82, 2.24) is 14.7 Å². The molecule has 2 aliphatic rings. The number of methoxy groups -OCH3 is 1. The minimum atomic E-state index is -4.38. The van der Waals surface area contributed by atoms with Crippen LogP contribution in [0.25, 0.3) is 0 Å². The number of carbonyl (C=O) groups excluding carboxylic acids is 4. The second kappa shape index (κ2) is 16.6. The Balaban J connectivity index is 0.000000230. The monoisotopic (exact) mass is 761 g/mol. The molecular formula is C33H30Cl2FN5O9S. The Hall–Kier alpha value is -5.24. The molecule has 0 spiro atoms. The van der Waals surface area contributed by atoms with E-state index in [1.165, 1.54) is 43.5 Å². The molecule has 1 aromatic heterocycles. The number of amides is 4. The topological polar surface area (TPSA) is 183 Å². The lowest BCUT2D eigenvalue weighted by atomic mass is 9.93. The largest absolute Gasteiger partial charge is 0.481 e. The van der Waals surface area contributed by atoms with Gasteiger partial charge < -0.3 is 14.2 Å². The van der Waals surface area contributed by atoms with E-state index in [1.807, 2.05) is 0 Å². The Morgan fingerprint density at radius 1 is 1.08 bits per heavy atom. The summed E-state index contributed by atoms with van der Waals surface area (Å²) in [5.41, 5.74) is 0.600. The predicted molar refractivity (Wildman–Crippen MR) is 184 cm³/mol. The third kappa shape index (κ3) is 9.11. The molecule has 4 amide bonds. The number of carbonyl (C=O) groups is 4. The first-order valence-corrected chi connectivity index (χ1v) is 17.4. The smallest absolute Gasteiger partial charge is 0.339 e. The Labute approximate surface area is 302 Å². The molecule has 18 heteroatoms. The number of sulfonamides is 1. The normalized spacial score (nSPS) is 14.4. The summed E-state index contributed by atoms with van der Waals surface area (Å²) in [5, 5.41) is 2.13. The standard InChI is InChI=1S/C18H15ClFNO3.C15H15ClN4O6S/c1-3-10(2)24-16-9-15(14(20)8-13(16)19)21-17(22)11-6-4-5-7-12(11)18(21)23;1-3-26-13(21)9-6-4-5-7-10(9)27(23,24)20-15(22)19-14-17-11(16)8-12(18-14)25-2/h1,8-10H,4-7H2,2H3;4-8H,3H2,1-2H3,(H2,17,18,19,20,22). The third-order valence-electron chi connectivity index (χ3n) is 7.18. The number of hydrogen-bond donors (Lipinski definition) is 2. The predicted octanol–water partition coefficient (Wildman–Crippen LogP) is 5.45. The zero-order valence-electron chi connectivity index (χ0n) is 27.3. The van der Waals surface area contributed by atoms with Gasteiger partial charge in [0.2, 0.25) is 11.8 Å². The number of esters is 1. The first kappa shape index (κ1) is 38.6. The van der Waals surface area contributed by atoms with Crippen LogP contribution in [-0.2, 0) is 24.3 Å². The molecule has 268 valence electrons. The lowest BCUT2D eigenvalue weighted by molar-refractivity contribution is -0.120. The van der Waals surface area contributed by atoms with Crippen LogP contribution < -0.4 is 24.4 Å². The molecule has 2 aromatic carbocycles. The summed E-state index contributed by atoms with van der Waals surface area (Å²) in [5.74, 6) is -0.227. The Morgan fingerprint density at radius 2 is 1.73 bits per heavy atom. The molecule has 0 bridgehead atoms. The van der Waals surface area contributed by atoms with Gasteiger partial charge in [-0.2, -0.15) is 4.98 Å². The average molecular weight is 763 g/mol. The van der Waals surface area contributed by atoms with Gasteiger partial charge in [-0.15, -0.1) is 6.42 Å². The number of urea groups is 1. The Morgan fingerprint density at radius 3 is 2.33 bits per heavy atom. The van der Waals surface area contributed by atoms with Crippen LogP contribution in [0.4, 0.5) is 20.8 Å². The van der Waals surface area contributed by atoms with Crippen molar-refractivity contribution in [3.63, 3.8) is 0 Å². The lowest BCUT2D eigenvalue weighted by Crippen LogP contribution is -2.35. The number of aromatic nitrogens is 2. The van der Waals surface area contributed by atoms with Crippen LogP contribution in [0.5, 0.6) is 11.6 Å². The molecule has 0 saturated carbocycles. The zero-order chi connectivity index (χ0) is 37.5. The third-order valence-corrected chi connectivity index (χ3v) is 9.05. The Bertz CT molecular complexity index is 2040. The minimum Gasteiger partial charge on any atom is -0.481 e. The van der Waals surface area contributed by atoms with E-state index in [-0.39, 0.29) is 45.6 Å². The number of imide groups is 1. The van der Waals surface area contributed by atoms with Crippen molar-refractivity contribution in [2.45, 2.75) is 50.5 Å². The molecule has 1 aliphatic carbocycles. The van der Waals surface area contributed by atoms with E-state index in [1.54, 1.807) is 18.6 Å². The summed E-state index contributed by atoms with van der Waals surface area (Å²) < 4.78 is 56.2. The summed E-state index contributed by atoms with van der Waals surface area (Å²) >= 11 is 11.7. The first-order valence-electron chi connectivity index (χ1n) is 15.1. The van der Waals surface area contributed by atoms with Crippen LogP contribution in [0.15, 0.2) is 58.5 Å². The zero-order valence-corrected chi connectivity index (χ0v) is 29.6. The van der Waals surface area contributed by atoms with Crippen LogP contribution in [0, 0.1) is 18.2 Å². The van der Waals surface area contributed by atoms with Gasteiger partial charge in [0.1, 0.15) is 21.6 Å². The maximum Gasteiger partial charge on any atom is 0.339 e. The number of anilines is 2. The SMILES string of the molecule is C#CC(C)Oc1cc(N2C(=O)C3=C(CCCC3)C2=O)c(F)cc1Cl.CCOC(=O)c1ccccc1S(=O)(=O)NC(=O)Nc1nc(Cl)cc(OC)n1. The van der Waals surface area contributed by atoms with Crippen molar-refractivity contribution in [2.75, 3.05) is 23.9 Å². The van der Waals surface area contributed by atoms with E-state index in [0.29, 0.717) is 24.0 Å². The number of halogens is 3. The Kier molecular flexibility index (Phi) is 12.6. The molecule has 0 fully saturated rings. The van der Waals surface area contributed by atoms with Gasteiger partial charge >= 0.3 is 12.0 Å². The summed E-state index contributed by atoms with van der Waals surface area (Å²) in [6, 6.07) is 7.73. The number of benzene rings is 2. The highest BCUT2D eigenvalue weighted by Gasteiger charge is 2.41. The van der Waals surface area contributed by atoms with Gasteiger partial charge in [0.15, 0.2) is 6.10 Å². The second-order valence-electron chi connectivity index (χ2n) is 10.6. The van der Waals surface area contributed by atoms with E-state index < -0.39 is 50.7 Å². The van der Waals surface area contributed by atoms with E-state index in [9.17, 15) is 32.0 Å². The average Bonchev–Trinajstić information content (AvgIpc) is 3.34. The van der Waals surface area contributed by atoms with E-state index >= 15 is 0 Å². The molecule has 0 saturated heterocycles. The summed E-state index contributed by atoms with van der Waals surface area (Å²) in [6.07, 6.45) is 7.47. The van der Waals surface area contributed by atoms with Gasteiger partial charge in [0, 0.05) is 23.3 Å². The maximum absolute atomic E-state index is 14.4. The van der Waals surface area contributed by atoms with Gasteiger partial charge in [0.25, 0.3) is 21.8 Å². The van der Waals surface area contributed by atoms with Crippen LogP contribution in [0.3, 0.4) is 0 Å².